The van der Waals surface area contributed by atoms with E-state index < -0.39 is 5.54 Å². The van der Waals surface area contributed by atoms with Crippen molar-refractivity contribution in [3.05, 3.63) is 22.4 Å². The number of hydrogen-bond donors (Lipinski definition) is 1. The van der Waals surface area contributed by atoms with Gasteiger partial charge >= 0.3 is 0 Å². The van der Waals surface area contributed by atoms with Gasteiger partial charge < -0.3 is 4.90 Å². The second-order valence-corrected chi connectivity index (χ2v) is 7.34. The lowest BCUT2D eigenvalue weighted by Gasteiger charge is -2.26. The minimum atomic E-state index is -0.396. The molecule has 1 saturated heterocycles. The predicted octanol–water partition coefficient (Wildman–Crippen LogP) is 3.54. The molecular formula is C16H24N2OS. The Hall–Kier alpha value is -0.870. The summed E-state index contributed by atoms with van der Waals surface area (Å²) in [7, 11) is 0. The second-order valence-electron chi connectivity index (χ2n) is 6.36. The van der Waals surface area contributed by atoms with Crippen molar-refractivity contribution in [3.8, 4) is 0 Å². The molecule has 20 heavy (non-hydrogen) atoms. The average Bonchev–Trinajstić information content (AvgIpc) is 3.16. The third-order valence-corrected chi connectivity index (χ3v) is 5.87. The molecule has 2 fully saturated rings. The van der Waals surface area contributed by atoms with Crippen molar-refractivity contribution >= 4 is 17.2 Å². The van der Waals surface area contributed by atoms with E-state index in [9.17, 15) is 4.79 Å². The standard InChI is InChI=1S/C16H24N2OS/c1-3-16(2)15(19)18(11-12-7-4-5-8-12)14(17-16)13-9-6-10-20-13/h6,9-10,12,14,17H,3-5,7-8,11H2,1-2H3. The van der Waals surface area contributed by atoms with Gasteiger partial charge in [0.15, 0.2) is 0 Å². The van der Waals surface area contributed by atoms with Crippen molar-refractivity contribution in [3.63, 3.8) is 0 Å². The van der Waals surface area contributed by atoms with Crippen LogP contribution in [-0.4, -0.2) is 22.9 Å². The van der Waals surface area contributed by atoms with Crippen LogP contribution in [-0.2, 0) is 4.79 Å². The van der Waals surface area contributed by atoms with Gasteiger partial charge in [-0.05, 0) is 43.6 Å². The summed E-state index contributed by atoms with van der Waals surface area (Å²) in [5.41, 5.74) is -0.396. The molecule has 1 amide bonds. The molecule has 2 atom stereocenters. The number of carbonyl (C=O) groups excluding carboxylic acids is 1. The number of nitrogens with one attached hydrogen (secondary N) is 1. The van der Waals surface area contributed by atoms with E-state index >= 15 is 0 Å². The molecule has 0 spiro atoms. The first-order valence-electron chi connectivity index (χ1n) is 7.76. The van der Waals surface area contributed by atoms with E-state index in [-0.39, 0.29) is 12.1 Å². The van der Waals surface area contributed by atoms with Crippen LogP contribution in [0.4, 0.5) is 0 Å². The van der Waals surface area contributed by atoms with Gasteiger partial charge in [-0.2, -0.15) is 0 Å². The van der Waals surface area contributed by atoms with Gasteiger partial charge in [0.25, 0.3) is 0 Å². The molecule has 0 aromatic carbocycles. The van der Waals surface area contributed by atoms with Crippen LogP contribution in [0.5, 0.6) is 0 Å². The maximum atomic E-state index is 12.8. The number of rotatable bonds is 4. The van der Waals surface area contributed by atoms with Gasteiger partial charge in [-0.3, -0.25) is 10.1 Å². The summed E-state index contributed by atoms with van der Waals surface area (Å²) in [6.07, 6.45) is 6.14. The molecule has 0 bridgehead atoms. The molecule has 1 aliphatic carbocycles. The molecule has 1 aromatic rings. The first kappa shape index (κ1) is 14.1. The maximum absolute atomic E-state index is 12.8. The monoisotopic (exact) mass is 292 g/mol. The zero-order valence-corrected chi connectivity index (χ0v) is 13.2. The minimum Gasteiger partial charge on any atom is -0.320 e. The van der Waals surface area contributed by atoms with Crippen LogP contribution in [0.1, 0.15) is 57.0 Å². The minimum absolute atomic E-state index is 0.0769. The van der Waals surface area contributed by atoms with Gasteiger partial charge in [-0.1, -0.05) is 25.8 Å². The highest BCUT2D eigenvalue weighted by Gasteiger charge is 2.48. The Morgan fingerprint density at radius 2 is 2.20 bits per heavy atom. The van der Waals surface area contributed by atoms with E-state index in [1.165, 1.54) is 30.6 Å². The SMILES string of the molecule is CCC1(C)NC(c2cccs2)N(CC2CCCC2)C1=O. The molecule has 3 rings (SSSR count). The Balaban J connectivity index is 1.84. The number of hydrogen-bond acceptors (Lipinski definition) is 3. The van der Waals surface area contributed by atoms with E-state index in [1.807, 2.05) is 6.92 Å². The van der Waals surface area contributed by atoms with Gasteiger partial charge in [-0.15, -0.1) is 11.3 Å². The van der Waals surface area contributed by atoms with Crippen LogP contribution in [0.2, 0.25) is 0 Å². The fourth-order valence-corrected chi connectivity index (χ4v) is 4.25. The molecular weight excluding hydrogens is 268 g/mol. The van der Waals surface area contributed by atoms with Crippen LogP contribution in [0.15, 0.2) is 17.5 Å². The number of carbonyl (C=O) groups is 1. The molecule has 1 N–H and O–H groups in total. The lowest BCUT2D eigenvalue weighted by atomic mass is 9.99. The van der Waals surface area contributed by atoms with E-state index in [4.69, 9.17) is 0 Å². The number of amides is 1. The van der Waals surface area contributed by atoms with Crippen LogP contribution in [0, 0.1) is 5.92 Å². The summed E-state index contributed by atoms with van der Waals surface area (Å²) in [5, 5.41) is 5.67. The summed E-state index contributed by atoms with van der Waals surface area (Å²) in [4.78, 5) is 16.2. The summed E-state index contributed by atoms with van der Waals surface area (Å²) in [6.45, 7) is 5.06. The first-order valence-corrected chi connectivity index (χ1v) is 8.64. The largest absolute Gasteiger partial charge is 0.320 e. The highest BCUT2D eigenvalue weighted by Crippen LogP contribution is 2.37. The lowest BCUT2D eigenvalue weighted by molar-refractivity contribution is -0.133. The Kier molecular flexibility index (Phi) is 3.87. The average molecular weight is 292 g/mol. The second kappa shape index (κ2) is 5.49. The fourth-order valence-electron chi connectivity index (χ4n) is 3.46. The van der Waals surface area contributed by atoms with Gasteiger partial charge in [0, 0.05) is 11.4 Å². The molecule has 2 unspecified atom stereocenters. The van der Waals surface area contributed by atoms with Gasteiger partial charge in [0.1, 0.15) is 6.17 Å². The normalized spacial score (nSPS) is 31.4. The van der Waals surface area contributed by atoms with Gasteiger partial charge in [-0.25, -0.2) is 0 Å². The summed E-state index contributed by atoms with van der Waals surface area (Å²) < 4.78 is 0. The molecule has 1 aliphatic heterocycles. The van der Waals surface area contributed by atoms with Gasteiger partial charge in [0.2, 0.25) is 5.91 Å². The Morgan fingerprint density at radius 3 is 2.80 bits per heavy atom. The molecule has 3 nitrogen and oxygen atoms in total. The summed E-state index contributed by atoms with van der Waals surface area (Å²) >= 11 is 1.74. The third kappa shape index (κ3) is 2.40. The molecule has 0 radical (unpaired) electrons. The van der Waals surface area contributed by atoms with E-state index in [1.54, 1.807) is 11.3 Å². The topological polar surface area (TPSA) is 32.3 Å². The Bertz CT molecular complexity index is 467. The van der Waals surface area contributed by atoms with Crippen LogP contribution >= 0.6 is 11.3 Å². The Morgan fingerprint density at radius 1 is 1.45 bits per heavy atom. The van der Waals surface area contributed by atoms with Crippen LogP contribution < -0.4 is 5.32 Å². The van der Waals surface area contributed by atoms with Crippen molar-refractivity contribution in [2.24, 2.45) is 5.92 Å². The van der Waals surface area contributed by atoms with Crippen LogP contribution in [0.3, 0.4) is 0 Å². The quantitative estimate of drug-likeness (QED) is 0.920. The van der Waals surface area contributed by atoms with Crippen molar-refractivity contribution in [1.82, 2.24) is 10.2 Å². The summed E-state index contributed by atoms with van der Waals surface area (Å²) in [6, 6.07) is 4.21. The highest BCUT2D eigenvalue weighted by atomic mass is 32.1. The lowest BCUT2D eigenvalue weighted by Crippen LogP contribution is -2.43. The van der Waals surface area contributed by atoms with Crippen LogP contribution in [0.25, 0.3) is 0 Å². The predicted molar refractivity (Wildman–Crippen MR) is 82.6 cm³/mol. The van der Waals surface area contributed by atoms with Crippen molar-refractivity contribution in [1.29, 1.82) is 0 Å². The molecule has 1 saturated carbocycles. The Labute approximate surface area is 125 Å². The fraction of sp³-hybridized carbons (Fsp3) is 0.688. The van der Waals surface area contributed by atoms with E-state index in [2.05, 4.69) is 34.7 Å². The van der Waals surface area contributed by atoms with Gasteiger partial charge in [0.05, 0.1) is 5.54 Å². The molecule has 1 aromatic heterocycles. The smallest absolute Gasteiger partial charge is 0.244 e. The van der Waals surface area contributed by atoms with Crippen molar-refractivity contribution in [2.75, 3.05) is 6.54 Å². The number of nitrogens with zero attached hydrogens (tertiary/aromatic N) is 1. The van der Waals surface area contributed by atoms with E-state index in [0.29, 0.717) is 5.92 Å². The zero-order chi connectivity index (χ0) is 14.2. The van der Waals surface area contributed by atoms with Crippen molar-refractivity contribution < 1.29 is 4.79 Å². The maximum Gasteiger partial charge on any atom is 0.244 e. The molecule has 2 aliphatic rings. The molecule has 4 heteroatoms. The number of thiophene rings is 1. The highest BCUT2D eigenvalue weighted by molar-refractivity contribution is 7.10. The first-order chi connectivity index (χ1) is 9.64. The molecule has 2 heterocycles. The molecule has 110 valence electrons. The van der Waals surface area contributed by atoms with Crippen molar-refractivity contribution in [2.45, 2.75) is 57.7 Å². The summed E-state index contributed by atoms with van der Waals surface area (Å²) in [5.74, 6) is 0.979. The zero-order valence-electron chi connectivity index (χ0n) is 12.4. The van der Waals surface area contributed by atoms with E-state index in [0.717, 1.165) is 13.0 Å². The third-order valence-electron chi connectivity index (χ3n) is 4.95.